The summed E-state index contributed by atoms with van der Waals surface area (Å²) in [6.07, 6.45) is 6.14. The monoisotopic (exact) mass is 276 g/mol. The summed E-state index contributed by atoms with van der Waals surface area (Å²) in [6, 6.07) is 6.00. The highest BCUT2D eigenvalue weighted by atomic mass is 79.9. The van der Waals surface area contributed by atoms with Gasteiger partial charge in [-0.1, -0.05) is 15.9 Å². The van der Waals surface area contributed by atoms with Crippen LogP contribution in [0.3, 0.4) is 0 Å². The minimum absolute atomic E-state index is 0.760. The number of H-pyrrole nitrogens is 1. The number of furan rings is 1. The van der Waals surface area contributed by atoms with Crippen molar-refractivity contribution in [3.63, 3.8) is 0 Å². The van der Waals surface area contributed by atoms with E-state index in [1.54, 1.807) is 12.5 Å². The molecule has 3 rings (SSSR count). The van der Waals surface area contributed by atoms with Gasteiger partial charge in [-0.2, -0.15) is 0 Å². The highest BCUT2D eigenvalue weighted by molar-refractivity contribution is 9.10. The van der Waals surface area contributed by atoms with E-state index in [0.29, 0.717) is 0 Å². The van der Waals surface area contributed by atoms with E-state index >= 15 is 0 Å². The molecule has 0 unspecified atom stereocenters. The number of nitrogens with one attached hydrogen (secondary N) is 1. The maximum absolute atomic E-state index is 5.49. The average molecular weight is 277 g/mol. The Hall–Kier alpha value is -1.55. The molecule has 3 nitrogen and oxygen atoms in total. The molecular formula is C12H9BrN2O. The van der Waals surface area contributed by atoms with Crippen LogP contribution in [0.1, 0.15) is 11.4 Å². The molecule has 0 aliphatic rings. The maximum atomic E-state index is 5.49. The van der Waals surface area contributed by atoms with Crippen molar-refractivity contribution in [2.24, 2.45) is 0 Å². The zero-order chi connectivity index (χ0) is 11.0. The third-order valence-electron chi connectivity index (χ3n) is 2.53. The summed E-state index contributed by atoms with van der Waals surface area (Å²) < 4.78 is 6.55. The van der Waals surface area contributed by atoms with E-state index in [2.05, 4.69) is 32.0 Å². The first-order valence-electron chi connectivity index (χ1n) is 4.97. The second kappa shape index (κ2) is 3.79. The molecule has 0 radical (unpaired) electrons. The normalized spacial score (nSPS) is 11.1. The number of hydrogen-bond acceptors (Lipinski definition) is 2. The van der Waals surface area contributed by atoms with Gasteiger partial charge in [-0.05, 0) is 18.2 Å². The SMILES string of the molecule is Brc1ccc2occ(Cc3ncc[nH]3)c2c1. The van der Waals surface area contributed by atoms with Crippen molar-refractivity contribution >= 4 is 26.9 Å². The molecule has 16 heavy (non-hydrogen) atoms. The summed E-state index contributed by atoms with van der Waals surface area (Å²) in [5, 5.41) is 1.13. The van der Waals surface area contributed by atoms with Crippen molar-refractivity contribution < 1.29 is 4.42 Å². The predicted molar refractivity (Wildman–Crippen MR) is 65.3 cm³/mol. The van der Waals surface area contributed by atoms with Crippen LogP contribution in [0.5, 0.6) is 0 Å². The van der Waals surface area contributed by atoms with Gasteiger partial charge in [0.2, 0.25) is 0 Å². The summed E-state index contributed by atoms with van der Waals surface area (Å²) >= 11 is 3.46. The van der Waals surface area contributed by atoms with Crippen molar-refractivity contribution in [1.29, 1.82) is 0 Å². The molecule has 1 N–H and O–H groups in total. The second-order valence-corrected chi connectivity index (χ2v) is 4.53. The van der Waals surface area contributed by atoms with Crippen LogP contribution in [0.25, 0.3) is 11.0 Å². The topological polar surface area (TPSA) is 41.8 Å². The van der Waals surface area contributed by atoms with E-state index < -0.39 is 0 Å². The fraction of sp³-hybridized carbons (Fsp3) is 0.0833. The molecule has 0 saturated carbocycles. The Kier molecular flexibility index (Phi) is 2.29. The number of aromatic nitrogens is 2. The van der Waals surface area contributed by atoms with Crippen LogP contribution in [0.4, 0.5) is 0 Å². The van der Waals surface area contributed by atoms with E-state index in [0.717, 1.165) is 33.3 Å². The Morgan fingerprint density at radius 1 is 1.38 bits per heavy atom. The van der Waals surface area contributed by atoms with Gasteiger partial charge in [-0.15, -0.1) is 0 Å². The number of aromatic amines is 1. The lowest BCUT2D eigenvalue weighted by atomic mass is 10.1. The van der Waals surface area contributed by atoms with Crippen LogP contribution in [0.15, 0.2) is 45.7 Å². The lowest BCUT2D eigenvalue weighted by molar-refractivity contribution is 0.611. The fourth-order valence-electron chi connectivity index (χ4n) is 1.77. The van der Waals surface area contributed by atoms with E-state index in [-0.39, 0.29) is 0 Å². The van der Waals surface area contributed by atoms with Crippen LogP contribution in [0.2, 0.25) is 0 Å². The highest BCUT2D eigenvalue weighted by Crippen LogP contribution is 2.25. The molecule has 1 aromatic carbocycles. The minimum Gasteiger partial charge on any atom is -0.464 e. The Balaban J connectivity index is 2.07. The van der Waals surface area contributed by atoms with Crippen LogP contribution in [0, 0.1) is 0 Å². The van der Waals surface area contributed by atoms with Crippen LogP contribution >= 0.6 is 15.9 Å². The van der Waals surface area contributed by atoms with E-state index in [4.69, 9.17) is 4.42 Å². The van der Waals surface area contributed by atoms with Crippen molar-refractivity contribution in [3.05, 3.63) is 52.7 Å². The van der Waals surface area contributed by atoms with Gasteiger partial charge in [-0.25, -0.2) is 4.98 Å². The molecule has 0 atom stereocenters. The lowest BCUT2D eigenvalue weighted by Crippen LogP contribution is -1.88. The van der Waals surface area contributed by atoms with E-state index in [9.17, 15) is 0 Å². The number of hydrogen-bond donors (Lipinski definition) is 1. The molecule has 0 fully saturated rings. The van der Waals surface area contributed by atoms with E-state index in [1.807, 2.05) is 18.3 Å². The number of rotatable bonds is 2. The number of imidazole rings is 1. The largest absolute Gasteiger partial charge is 0.464 e. The number of nitrogens with zero attached hydrogens (tertiary/aromatic N) is 1. The molecule has 80 valence electrons. The quantitative estimate of drug-likeness (QED) is 0.778. The Bertz CT molecular complexity index is 613. The maximum Gasteiger partial charge on any atom is 0.134 e. The standard InChI is InChI=1S/C12H9BrN2O/c13-9-1-2-11-10(6-9)8(7-16-11)5-12-14-3-4-15-12/h1-4,6-7H,5H2,(H,14,15). The molecule has 0 aliphatic heterocycles. The molecule has 0 amide bonds. The van der Waals surface area contributed by atoms with Gasteiger partial charge in [0.05, 0.1) is 6.26 Å². The molecule has 0 spiro atoms. The Morgan fingerprint density at radius 2 is 2.31 bits per heavy atom. The first-order chi connectivity index (χ1) is 7.83. The molecule has 2 aromatic heterocycles. The molecule has 0 aliphatic carbocycles. The number of fused-ring (bicyclic) bond motifs is 1. The predicted octanol–water partition coefficient (Wildman–Crippen LogP) is 3.51. The summed E-state index contributed by atoms with van der Waals surface area (Å²) in [6.45, 7) is 0. The van der Waals surface area contributed by atoms with E-state index in [1.165, 1.54) is 0 Å². The number of benzene rings is 1. The summed E-state index contributed by atoms with van der Waals surface area (Å²) in [5.41, 5.74) is 2.05. The van der Waals surface area contributed by atoms with Crippen LogP contribution in [-0.2, 0) is 6.42 Å². The average Bonchev–Trinajstić information content (AvgIpc) is 2.90. The van der Waals surface area contributed by atoms with Crippen LogP contribution in [-0.4, -0.2) is 9.97 Å². The zero-order valence-electron chi connectivity index (χ0n) is 8.40. The molecular weight excluding hydrogens is 268 g/mol. The Morgan fingerprint density at radius 3 is 3.12 bits per heavy atom. The summed E-state index contributed by atoms with van der Waals surface area (Å²) in [5.74, 6) is 0.947. The third kappa shape index (κ3) is 1.65. The first kappa shape index (κ1) is 9.66. The molecule has 0 saturated heterocycles. The minimum atomic E-state index is 0.760. The van der Waals surface area contributed by atoms with Gasteiger partial charge in [-0.3, -0.25) is 0 Å². The molecule has 0 bridgehead atoms. The lowest BCUT2D eigenvalue weighted by Gasteiger charge is -1.95. The van der Waals surface area contributed by atoms with Crippen molar-refractivity contribution in [1.82, 2.24) is 9.97 Å². The van der Waals surface area contributed by atoms with Gasteiger partial charge in [0.15, 0.2) is 0 Å². The van der Waals surface area contributed by atoms with Crippen LogP contribution < -0.4 is 0 Å². The molecule has 4 heteroatoms. The van der Waals surface area contributed by atoms with Gasteiger partial charge < -0.3 is 9.40 Å². The second-order valence-electron chi connectivity index (χ2n) is 3.61. The highest BCUT2D eigenvalue weighted by Gasteiger charge is 2.07. The van der Waals surface area contributed by atoms with Gasteiger partial charge in [0.25, 0.3) is 0 Å². The van der Waals surface area contributed by atoms with Gasteiger partial charge >= 0.3 is 0 Å². The van der Waals surface area contributed by atoms with Gasteiger partial charge in [0, 0.05) is 34.2 Å². The fourth-order valence-corrected chi connectivity index (χ4v) is 2.13. The smallest absolute Gasteiger partial charge is 0.134 e. The van der Waals surface area contributed by atoms with Gasteiger partial charge in [0.1, 0.15) is 11.4 Å². The van der Waals surface area contributed by atoms with Crippen molar-refractivity contribution in [3.8, 4) is 0 Å². The molecule has 2 heterocycles. The first-order valence-corrected chi connectivity index (χ1v) is 5.76. The summed E-state index contributed by atoms with van der Waals surface area (Å²) in [4.78, 5) is 7.30. The van der Waals surface area contributed by atoms with Crippen molar-refractivity contribution in [2.45, 2.75) is 6.42 Å². The Labute approximate surface area is 101 Å². The van der Waals surface area contributed by atoms with Crippen molar-refractivity contribution in [2.75, 3.05) is 0 Å². The summed E-state index contributed by atoms with van der Waals surface area (Å²) in [7, 11) is 0. The third-order valence-corrected chi connectivity index (χ3v) is 3.02. The zero-order valence-corrected chi connectivity index (χ0v) is 9.99. The molecule has 3 aromatic rings. The number of halogens is 1.